The summed E-state index contributed by atoms with van der Waals surface area (Å²) in [6.07, 6.45) is 0. The molecule has 0 aromatic rings. The van der Waals surface area contributed by atoms with Gasteiger partial charge in [0.2, 0.25) is 0 Å². The van der Waals surface area contributed by atoms with Crippen molar-refractivity contribution in [1.82, 2.24) is 5.32 Å². The molecule has 0 saturated heterocycles. The number of aliphatic carboxylic acids is 3. The van der Waals surface area contributed by atoms with Gasteiger partial charge >= 0.3 is 5.97 Å². The van der Waals surface area contributed by atoms with E-state index in [4.69, 9.17) is 30.6 Å². The Morgan fingerprint density at radius 3 is 1.40 bits per heavy atom. The van der Waals surface area contributed by atoms with Crippen molar-refractivity contribution in [3.05, 3.63) is 0 Å². The van der Waals surface area contributed by atoms with E-state index in [1.54, 1.807) is 0 Å². The summed E-state index contributed by atoms with van der Waals surface area (Å²) in [6, 6.07) is 0. The fourth-order valence-corrected chi connectivity index (χ4v) is 0.179. The number of nitrogens with two attached hydrogens (primary N) is 1. The van der Waals surface area contributed by atoms with Crippen LogP contribution in [0, 0.1) is 0 Å². The number of hydrogen-bond donors (Lipinski definition) is 5. The SMILES string of the molecule is CC(=O)O.CC(=O)O.NCNCC(=O)O. The van der Waals surface area contributed by atoms with Crippen LogP contribution in [0.3, 0.4) is 0 Å². The molecule has 0 saturated carbocycles. The molecule has 0 aliphatic carbocycles. The molecular weight excluding hydrogens is 208 g/mol. The van der Waals surface area contributed by atoms with Crippen LogP contribution in [-0.2, 0) is 14.4 Å². The van der Waals surface area contributed by atoms with Gasteiger partial charge in [0.1, 0.15) is 0 Å². The molecule has 0 heterocycles. The molecule has 0 unspecified atom stereocenters. The van der Waals surface area contributed by atoms with Crippen LogP contribution in [-0.4, -0.2) is 46.4 Å². The third kappa shape index (κ3) is 242. The molecular formula is C7H16N2O6. The van der Waals surface area contributed by atoms with Gasteiger partial charge < -0.3 is 21.1 Å². The van der Waals surface area contributed by atoms with Crippen molar-refractivity contribution in [2.75, 3.05) is 13.2 Å². The molecule has 0 bridgehead atoms. The molecule has 0 aromatic heterocycles. The minimum Gasteiger partial charge on any atom is -0.481 e. The zero-order valence-corrected chi connectivity index (χ0v) is 8.56. The Labute approximate surface area is 86.7 Å². The number of nitrogens with one attached hydrogen (secondary N) is 1. The molecule has 6 N–H and O–H groups in total. The van der Waals surface area contributed by atoms with Crippen LogP contribution >= 0.6 is 0 Å². The summed E-state index contributed by atoms with van der Waals surface area (Å²) in [4.78, 5) is 27.6. The normalized spacial score (nSPS) is 7.40. The molecule has 8 heteroatoms. The van der Waals surface area contributed by atoms with E-state index in [0.29, 0.717) is 0 Å². The average molecular weight is 224 g/mol. The second-order valence-electron chi connectivity index (χ2n) is 2.06. The molecule has 0 aliphatic heterocycles. The molecule has 0 fully saturated rings. The standard InChI is InChI=1S/C3H8N2O2.2C2H4O2/c4-2-5-1-3(6)7;2*1-2(3)4/h5H,1-2,4H2,(H,6,7);2*1H3,(H,3,4). The van der Waals surface area contributed by atoms with Gasteiger partial charge in [-0.1, -0.05) is 0 Å². The average Bonchev–Trinajstić information content (AvgIpc) is 1.98. The van der Waals surface area contributed by atoms with E-state index in [1.807, 2.05) is 0 Å². The third-order valence-electron chi connectivity index (χ3n) is 0.421. The summed E-state index contributed by atoms with van der Waals surface area (Å²) < 4.78 is 0. The number of hydrogen-bond acceptors (Lipinski definition) is 5. The van der Waals surface area contributed by atoms with Crippen molar-refractivity contribution in [3.63, 3.8) is 0 Å². The first-order chi connectivity index (χ1) is 6.73. The van der Waals surface area contributed by atoms with Crippen LogP contribution in [0.2, 0.25) is 0 Å². The Kier molecular flexibility index (Phi) is 18.8. The summed E-state index contributed by atoms with van der Waals surface area (Å²) >= 11 is 0. The monoisotopic (exact) mass is 224 g/mol. The molecule has 90 valence electrons. The van der Waals surface area contributed by atoms with E-state index in [0.717, 1.165) is 13.8 Å². The molecule has 0 radical (unpaired) electrons. The van der Waals surface area contributed by atoms with E-state index in [2.05, 4.69) is 5.32 Å². The Morgan fingerprint density at radius 2 is 1.33 bits per heavy atom. The van der Waals surface area contributed by atoms with Gasteiger partial charge in [-0.05, 0) is 0 Å². The van der Waals surface area contributed by atoms with Crippen LogP contribution in [0.25, 0.3) is 0 Å². The summed E-state index contributed by atoms with van der Waals surface area (Å²) in [5, 5.41) is 25.2. The first-order valence-corrected chi connectivity index (χ1v) is 3.75. The lowest BCUT2D eigenvalue weighted by atomic mass is 10.7. The summed E-state index contributed by atoms with van der Waals surface area (Å²) in [5.41, 5.74) is 4.90. The Bertz CT molecular complexity index is 174. The Balaban J connectivity index is -0.000000155. The fourth-order valence-electron chi connectivity index (χ4n) is 0.179. The molecule has 0 atom stereocenters. The minimum atomic E-state index is -0.884. The highest BCUT2D eigenvalue weighted by molar-refractivity contribution is 5.68. The summed E-state index contributed by atoms with van der Waals surface area (Å²) in [5.74, 6) is -2.55. The van der Waals surface area contributed by atoms with Crippen LogP contribution < -0.4 is 11.1 Å². The first kappa shape index (κ1) is 19.0. The van der Waals surface area contributed by atoms with Crippen molar-refractivity contribution in [3.8, 4) is 0 Å². The highest BCUT2D eigenvalue weighted by Gasteiger charge is 1.89. The van der Waals surface area contributed by atoms with Crippen molar-refractivity contribution in [2.45, 2.75) is 13.8 Å². The molecule has 0 spiro atoms. The second-order valence-corrected chi connectivity index (χ2v) is 2.06. The van der Waals surface area contributed by atoms with Gasteiger partial charge in [-0.2, -0.15) is 0 Å². The maximum atomic E-state index is 9.64. The van der Waals surface area contributed by atoms with Gasteiger partial charge in [0.15, 0.2) is 0 Å². The van der Waals surface area contributed by atoms with Crippen molar-refractivity contribution in [1.29, 1.82) is 0 Å². The smallest absolute Gasteiger partial charge is 0.317 e. The summed E-state index contributed by atoms with van der Waals surface area (Å²) in [6.45, 7) is 2.32. The molecule has 15 heavy (non-hydrogen) atoms. The van der Waals surface area contributed by atoms with E-state index in [9.17, 15) is 4.79 Å². The number of rotatable bonds is 3. The minimum absolute atomic E-state index is 0.0590. The number of carbonyl (C=O) groups is 3. The van der Waals surface area contributed by atoms with E-state index in [-0.39, 0.29) is 13.2 Å². The van der Waals surface area contributed by atoms with Gasteiger partial charge in [0.05, 0.1) is 6.54 Å². The molecule has 0 aliphatic rings. The van der Waals surface area contributed by atoms with Crippen molar-refractivity contribution >= 4 is 17.9 Å². The van der Waals surface area contributed by atoms with Crippen LogP contribution in [0.5, 0.6) is 0 Å². The lowest BCUT2D eigenvalue weighted by Crippen LogP contribution is -2.27. The van der Waals surface area contributed by atoms with E-state index >= 15 is 0 Å². The zero-order valence-electron chi connectivity index (χ0n) is 8.56. The predicted octanol–water partition coefficient (Wildman–Crippen LogP) is -1.24. The van der Waals surface area contributed by atoms with E-state index < -0.39 is 17.9 Å². The molecule has 0 amide bonds. The third-order valence-corrected chi connectivity index (χ3v) is 0.421. The molecule has 8 nitrogen and oxygen atoms in total. The van der Waals surface area contributed by atoms with Gasteiger partial charge in [-0.25, -0.2) is 0 Å². The van der Waals surface area contributed by atoms with Crippen molar-refractivity contribution in [2.24, 2.45) is 5.73 Å². The maximum absolute atomic E-state index is 9.64. The largest absolute Gasteiger partial charge is 0.481 e. The fraction of sp³-hybridized carbons (Fsp3) is 0.571. The zero-order chi connectivity index (χ0) is 12.9. The van der Waals surface area contributed by atoms with Crippen LogP contribution in [0.4, 0.5) is 0 Å². The van der Waals surface area contributed by atoms with Crippen LogP contribution in [0.1, 0.15) is 13.8 Å². The molecule has 0 aromatic carbocycles. The first-order valence-electron chi connectivity index (χ1n) is 3.75. The second kappa shape index (κ2) is 14.8. The maximum Gasteiger partial charge on any atom is 0.317 e. The van der Waals surface area contributed by atoms with Gasteiger partial charge in [0, 0.05) is 20.5 Å². The predicted molar refractivity (Wildman–Crippen MR) is 51.3 cm³/mol. The summed E-state index contributed by atoms with van der Waals surface area (Å²) in [7, 11) is 0. The topological polar surface area (TPSA) is 150 Å². The van der Waals surface area contributed by atoms with E-state index in [1.165, 1.54) is 0 Å². The Hall–Kier alpha value is -1.67. The van der Waals surface area contributed by atoms with Crippen molar-refractivity contribution < 1.29 is 29.7 Å². The Morgan fingerprint density at radius 1 is 1.07 bits per heavy atom. The van der Waals surface area contributed by atoms with Gasteiger partial charge in [-0.3, -0.25) is 19.7 Å². The molecule has 0 rings (SSSR count). The van der Waals surface area contributed by atoms with Crippen LogP contribution in [0.15, 0.2) is 0 Å². The highest BCUT2D eigenvalue weighted by atomic mass is 16.4. The number of carboxylic acids is 3. The highest BCUT2D eigenvalue weighted by Crippen LogP contribution is 1.53. The lowest BCUT2D eigenvalue weighted by molar-refractivity contribution is -0.136. The van der Waals surface area contributed by atoms with Gasteiger partial charge in [-0.15, -0.1) is 0 Å². The lowest BCUT2D eigenvalue weighted by Gasteiger charge is -1.90. The number of carboxylic acid groups (broad SMARTS) is 3. The quantitative estimate of drug-likeness (QED) is 0.373. The van der Waals surface area contributed by atoms with Gasteiger partial charge in [0.25, 0.3) is 11.9 Å².